The molecule has 2 aromatic carbocycles. The van der Waals surface area contributed by atoms with E-state index in [-0.39, 0.29) is 5.92 Å². The molecule has 0 aromatic heterocycles. The van der Waals surface area contributed by atoms with Gasteiger partial charge in [-0.25, -0.2) is 0 Å². The van der Waals surface area contributed by atoms with Crippen molar-refractivity contribution in [2.45, 2.75) is 44.3 Å². The number of hydrogen-bond donors (Lipinski definition) is 2. The van der Waals surface area contributed by atoms with Crippen LogP contribution in [0.3, 0.4) is 0 Å². The van der Waals surface area contributed by atoms with Gasteiger partial charge in [-0.2, -0.15) is 0 Å². The van der Waals surface area contributed by atoms with Crippen LogP contribution in [0.2, 0.25) is 0 Å². The van der Waals surface area contributed by atoms with Crippen molar-refractivity contribution >= 4 is 0 Å². The van der Waals surface area contributed by atoms with E-state index < -0.39 is 12.2 Å². The summed E-state index contributed by atoms with van der Waals surface area (Å²) >= 11 is 0. The highest BCUT2D eigenvalue weighted by molar-refractivity contribution is 5.32. The largest absolute Gasteiger partial charge is 0.390 e. The normalized spacial score (nSPS) is 14.1. The van der Waals surface area contributed by atoms with E-state index in [1.54, 1.807) is 0 Å². The van der Waals surface area contributed by atoms with Gasteiger partial charge in [-0.15, -0.1) is 0 Å². The molecule has 0 bridgehead atoms. The summed E-state index contributed by atoms with van der Waals surface area (Å²) in [6.07, 6.45) is 0.736. The third-order valence-corrected chi connectivity index (χ3v) is 4.02. The predicted octanol–water partition coefficient (Wildman–Crippen LogP) is 3.73. The molecule has 2 rings (SSSR count). The molecular formula is C19H24O2. The minimum atomic E-state index is -0.648. The van der Waals surface area contributed by atoms with Crippen LogP contribution in [0.15, 0.2) is 60.7 Å². The number of hydrogen-bond acceptors (Lipinski definition) is 2. The lowest BCUT2D eigenvalue weighted by Gasteiger charge is -2.22. The van der Waals surface area contributed by atoms with Crippen molar-refractivity contribution in [2.75, 3.05) is 0 Å². The Morgan fingerprint density at radius 3 is 1.62 bits per heavy atom. The molecule has 2 heteroatoms. The topological polar surface area (TPSA) is 40.5 Å². The van der Waals surface area contributed by atoms with Gasteiger partial charge in [0.1, 0.15) is 0 Å². The standard InChI is InChI=1S/C19H24O2/c1-2-18(20)19(21)14-13-17(15-9-5-3-6-10-15)16-11-7-4-8-12-16/h3-12,17-21H,2,13-14H2,1H3. The van der Waals surface area contributed by atoms with Gasteiger partial charge >= 0.3 is 0 Å². The molecule has 0 saturated heterocycles. The molecule has 0 aliphatic heterocycles. The molecule has 0 saturated carbocycles. The highest BCUT2D eigenvalue weighted by Gasteiger charge is 2.19. The number of benzene rings is 2. The molecule has 0 radical (unpaired) electrons. The number of rotatable bonds is 7. The summed E-state index contributed by atoms with van der Waals surface area (Å²) in [5.41, 5.74) is 2.50. The van der Waals surface area contributed by atoms with E-state index in [2.05, 4.69) is 24.3 Å². The molecule has 112 valence electrons. The van der Waals surface area contributed by atoms with E-state index in [1.165, 1.54) is 11.1 Å². The minimum Gasteiger partial charge on any atom is -0.390 e. The third-order valence-electron chi connectivity index (χ3n) is 4.02. The second kappa shape index (κ2) is 7.96. The summed E-state index contributed by atoms with van der Waals surface area (Å²) in [6, 6.07) is 20.7. The first-order valence-corrected chi connectivity index (χ1v) is 7.68. The second-order valence-corrected chi connectivity index (χ2v) is 5.49. The smallest absolute Gasteiger partial charge is 0.0799 e. The van der Waals surface area contributed by atoms with Gasteiger partial charge in [-0.05, 0) is 30.4 Å². The summed E-state index contributed by atoms with van der Waals surface area (Å²) in [4.78, 5) is 0. The summed E-state index contributed by atoms with van der Waals surface area (Å²) in [7, 11) is 0. The summed E-state index contributed by atoms with van der Waals surface area (Å²) in [5, 5.41) is 19.7. The maximum absolute atomic E-state index is 10.0. The number of aliphatic hydroxyl groups excluding tert-OH is 2. The van der Waals surface area contributed by atoms with Crippen molar-refractivity contribution in [3.63, 3.8) is 0 Å². The molecule has 0 fully saturated rings. The highest BCUT2D eigenvalue weighted by atomic mass is 16.3. The molecular weight excluding hydrogens is 260 g/mol. The fourth-order valence-electron chi connectivity index (χ4n) is 2.70. The Labute approximate surface area is 127 Å². The maximum atomic E-state index is 10.0. The number of aliphatic hydroxyl groups is 2. The Kier molecular flexibility index (Phi) is 5.97. The highest BCUT2D eigenvalue weighted by Crippen LogP contribution is 2.30. The zero-order chi connectivity index (χ0) is 15.1. The Balaban J connectivity index is 2.14. The van der Waals surface area contributed by atoms with Gasteiger partial charge < -0.3 is 10.2 Å². The Hall–Kier alpha value is -1.64. The molecule has 0 aliphatic carbocycles. The van der Waals surface area contributed by atoms with E-state index >= 15 is 0 Å². The Bertz CT molecular complexity index is 470. The zero-order valence-electron chi connectivity index (χ0n) is 12.5. The first-order valence-electron chi connectivity index (χ1n) is 7.68. The van der Waals surface area contributed by atoms with Gasteiger partial charge in [0.05, 0.1) is 12.2 Å². The van der Waals surface area contributed by atoms with Crippen molar-refractivity contribution < 1.29 is 10.2 Å². The molecule has 0 spiro atoms. The van der Waals surface area contributed by atoms with Crippen molar-refractivity contribution in [1.29, 1.82) is 0 Å². The molecule has 2 unspecified atom stereocenters. The van der Waals surface area contributed by atoms with Gasteiger partial charge in [-0.3, -0.25) is 0 Å². The quantitative estimate of drug-likeness (QED) is 0.813. The van der Waals surface area contributed by atoms with Crippen molar-refractivity contribution in [3.05, 3.63) is 71.8 Å². The van der Waals surface area contributed by atoms with Crippen LogP contribution < -0.4 is 0 Å². The fraction of sp³-hybridized carbons (Fsp3) is 0.368. The summed E-state index contributed by atoms with van der Waals surface area (Å²) in [6.45, 7) is 1.89. The van der Waals surface area contributed by atoms with E-state index in [1.807, 2.05) is 43.3 Å². The maximum Gasteiger partial charge on any atom is 0.0799 e. The first-order chi connectivity index (χ1) is 10.2. The van der Waals surface area contributed by atoms with Crippen LogP contribution >= 0.6 is 0 Å². The van der Waals surface area contributed by atoms with Crippen LogP contribution in [0.25, 0.3) is 0 Å². The van der Waals surface area contributed by atoms with Crippen LogP contribution in [-0.4, -0.2) is 22.4 Å². The van der Waals surface area contributed by atoms with Gasteiger partial charge in [0.25, 0.3) is 0 Å². The van der Waals surface area contributed by atoms with Crippen molar-refractivity contribution in [2.24, 2.45) is 0 Å². The van der Waals surface area contributed by atoms with Crippen LogP contribution in [0.1, 0.15) is 43.2 Å². The summed E-state index contributed by atoms with van der Waals surface area (Å²) < 4.78 is 0. The first kappa shape index (κ1) is 15.7. The Morgan fingerprint density at radius 1 is 0.714 bits per heavy atom. The van der Waals surface area contributed by atoms with Crippen LogP contribution in [0, 0.1) is 0 Å². The van der Waals surface area contributed by atoms with Gasteiger partial charge in [-0.1, -0.05) is 67.6 Å². The third kappa shape index (κ3) is 4.42. The van der Waals surface area contributed by atoms with Gasteiger partial charge in [0.2, 0.25) is 0 Å². The zero-order valence-corrected chi connectivity index (χ0v) is 12.5. The van der Waals surface area contributed by atoms with Crippen molar-refractivity contribution in [3.8, 4) is 0 Å². The monoisotopic (exact) mass is 284 g/mol. The van der Waals surface area contributed by atoms with Crippen LogP contribution in [0.4, 0.5) is 0 Å². The van der Waals surface area contributed by atoms with E-state index in [9.17, 15) is 10.2 Å². The van der Waals surface area contributed by atoms with Crippen LogP contribution in [-0.2, 0) is 0 Å². The fourth-order valence-corrected chi connectivity index (χ4v) is 2.70. The molecule has 2 N–H and O–H groups in total. The van der Waals surface area contributed by atoms with Gasteiger partial charge in [0.15, 0.2) is 0 Å². The van der Waals surface area contributed by atoms with Gasteiger partial charge in [0, 0.05) is 5.92 Å². The average molecular weight is 284 g/mol. The molecule has 0 aliphatic rings. The molecule has 0 heterocycles. The molecule has 0 amide bonds. The minimum absolute atomic E-state index is 0.256. The lowest BCUT2D eigenvalue weighted by atomic mass is 9.86. The molecule has 2 atom stereocenters. The van der Waals surface area contributed by atoms with Crippen molar-refractivity contribution in [1.82, 2.24) is 0 Å². The van der Waals surface area contributed by atoms with Crippen LogP contribution in [0.5, 0.6) is 0 Å². The summed E-state index contributed by atoms with van der Waals surface area (Å²) in [5.74, 6) is 0.256. The van der Waals surface area contributed by atoms with E-state index in [0.29, 0.717) is 12.8 Å². The van der Waals surface area contributed by atoms with E-state index in [4.69, 9.17) is 0 Å². The predicted molar refractivity (Wildman–Crippen MR) is 86.3 cm³/mol. The average Bonchev–Trinajstić information content (AvgIpc) is 2.56. The van der Waals surface area contributed by atoms with E-state index in [0.717, 1.165) is 6.42 Å². The lowest BCUT2D eigenvalue weighted by Crippen LogP contribution is -2.25. The SMILES string of the molecule is CCC(O)C(O)CCC(c1ccccc1)c1ccccc1. The molecule has 2 aromatic rings. The Morgan fingerprint density at radius 2 is 1.19 bits per heavy atom. The lowest BCUT2D eigenvalue weighted by molar-refractivity contribution is 0.0111. The molecule has 21 heavy (non-hydrogen) atoms. The molecule has 2 nitrogen and oxygen atoms in total. The second-order valence-electron chi connectivity index (χ2n) is 5.49.